The summed E-state index contributed by atoms with van der Waals surface area (Å²) in [6.07, 6.45) is 1.64. The Labute approximate surface area is 122 Å². The fraction of sp³-hybridized carbons (Fsp3) is 0.308. The van der Waals surface area contributed by atoms with Gasteiger partial charge in [-0.15, -0.1) is 0 Å². The van der Waals surface area contributed by atoms with Crippen LogP contribution in [0.1, 0.15) is 17.2 Å². The molecule has 1 aromatic carbocycles. The molecule has 0 N–H and O–H groups in total. The average molecular weight is 344 g/mol. The Morgan fingerprint density at radius 1 is 1.42 bits per heavy atom. The molecule has 1 heterocycles. The number of methoxy groups -OCH3 is 1. The van der Waals surface area contributed by atoms with Crippen molar-refractivity contribution in [1.82, 2.24) is 4.98 Å². The largest absolute Gasteiger partial charge is 0.496 e. The Kier molecular flexibility index (Phi) is 4.76. The van der Waals surface area contributed by atoms with Crippen LogP contribution in [0.3, 0.4) is 0 Å². The summed E-state index contributed by atoms with van der Waals surface area (Å²) >= 11 is 3.41. The highest BCUT2D eigenvalue weighted by molar-refractivity contribution is 9.10. The first-order valence-corrected chi connectivity index (χ1v) is 7.95. The van der Waals surface area contributed by atoms with E-state index in [4.69, 9.17) is 9.15 Å². The summed E-state index contributed by atoms with van der Waals surface area (Å²) in [6.45, 7) is 1.82. The number of ether oxygens (including phenoxy) is 1. The van der Waals surface area contributed by atoms with Gasteiger partial charge in [0.05, 0.1) is 17.8 Å². The standard InChI is InChI=1S/C13H14BrNO3S/c1-9-6-15-13(18-9)8-19(16)7-10-3-4-12(17-2)11(14)5-10/h3-6H,7-8H2,1-2H3/t19-/m0/s1. The number of hydrogen-bond donors (Lipinski definition) is 0. The summed E-state index contributed by atoms with van der Waals surface area (Å²) in [5.41, 5.74) is 0.981. The van der Waals surface area contributed by atoms with Crippen molar-refractivity contribution >= 4 is 26.7 Å². The summed E-state index contributed by atoms with van der Waals surface area (Å²) in [4.78, 5) is 4.05. The molecule has 0 aliphatic heterocycles. The lowest BCUT2D eigenvalue weighted by atomic mass is 10.2. The summed E-state index contributed by atoms with van der Waals surface area (Å²) in [6, 6.07) is 5.67. The molecule has 2 aromatic rings. The van der Waals surface area contributed by atoms with Crippen molar-refractivity contribution in [2.24, 2.45) is 0 Å². The van der Waals surface area contributed by atoms with Crippen LogP contribution in [0.5, 0.6) is 5.75 Å². The minimum atomic E-state index is -1.04. The van der Waals surface area contributed by atoms with Gasteiger partial charge in [-0.3, -0.25) is 4.21 Å². The normalized spacial score (nSPS) is 12.4. The molecule has 19 heavy (non-hydrogen) atoms. The molecule has 0 amide bonds. The summed E-state index contributed by atoms with van der Waals surface area (Å²) < 4.78 is 23.4. The van der Waals surface area contributed by atoms with E-state index in [1.54, 1.807) is 13.3 Å². The van der Waals surface area contributed by atoms with Crippen molar-refractivity contribution in [2.45, 2.75) is 18.4 Å². The molecule has 0 unspecified atom stereocenters. The van der Waals surface area contributed by atoms with Gasteiger partial charge in [-0.2, -0.15) is 0 Å². The molecule has 2 rings (SSSR count). The molecule has 0 aliphatic rings. The number of nitrogens with zero attached hydrogens (tertiary/aromatic N) is 1. The van der Waals surface area contributed by atoms with E-state index in [1.807, 2.05) is 25.1 Å². The van der Waals surface area contributed by atoms with Crippen LogP contribution in [0.25, 0.3) is 0 Å². The zero-order chi connectivity index (χ0) is 13.8. The number of aromatic nitrogens is 1. The van der Waals surface area contributed by atoms with Crippen molar-refractivity contribution in [1.29, 1.82) is 0 Å². The summed E-state index contributed by atoms with van der Waals surface area (Å²) in [5.74, 6) is 2.81. The van der Waals surface area contributed by atoms with Gasteiger partial charge in [-0.05, 0) is 40.5 Å². The third-order valence-electron chi connectivity index (χ3n) is 2.50. The van der Waals surface area contributed by atoms with Crippen LogP contribution < -0.4 is 4.74 Å². The molecular weight excluding hydrogens is 330 g/mol. The highest BCUT2D eigenvalue weighted by Crippen LogP contribution is 2.26. The summed E-state index contributed by atoms with van der Waals surface area (Å²) in [5, 5.41) is 0. The molecule has 0 spiro atoms. The van der Waals surface area contributed by atoms with Crippen LogP contribution >= 0.6 is 15.9 Å². The number of rotatable bonds is 5. The third kappa shape index (κ3) is 3.91. The molecule has 1 atom stereocenters. The molecule has 0 bridgehead atoms. The van der Waals surface area contributed by atoms with Gasteiger partial charge in [0.2, 0.25) is 5.89 Å². The van der Waals surface area contributed by atoms with Crippen LogP contribution in [0.15, 0.2) is 33.3 Å². The molecule has 102 valence electrons. The topological polar surface area (TPSA) is 52.3 Å². The Morgan fingerprint density at radius 3 is 2.79 bits per heavy atom. The maximum atomic E-state index is 12.0. The number of hydrogen-bond acceptors (Lipinski definition) is 4. The average Bonchev–Trinajstić information content (AvgIpc) is 2.74. The monoisotopic (exact) mass is 343 g/mol. The Hall–Kier alpha value is -1.14. The molecule has 0 saturated carbocycles. The van der Waals surface area contributed by atoms with E-state index in [-0.39, 0.29) is 0 Å². The minimum Gasteiger partial charge on any atom is -0.496 e. The molecule has 0 aliphatic carbocycles. The van der Waals surface area contributed by atoms with E-state index in [1.165, 1.54) is 0 Å². The maximum Gasteiger partial charge on any atom is 0.206 e. The predicted molar refractivity (Wildman–Crippen MR) is 77.5 cm³/mol. The second-order valence-electron chi connectivity index (χ2n) is 4.06. The van der Waals surface area contributed by atoms with Gasteiger partial charge in [0.25, 0.3) is 0 Å². The molecule has 6 heteroatoms. The first-order valence-electron chi connectivity index (χ1n) is 5.67. The SMILES string of the molecule is COc1ccc(C[S@](=O)Cc2ncc(C)o2)cc1Br. The molecule has 1 aromatic heterocycles. The van der Waals surface area contributed by atoms with Crippen molar-refractivity contribution in [3.05, 3.63) is 46.1 Å². The van der Waals surface area contributed by atoms with Crippen LogP contribution in [0.4, 0.5) is 0 Å². The molecular formula is C13H14BrNO3S. The molecule has 0 radical (unpaired) electrons. The number of benzene rings is 1. The van der Waals surface area contributed by atoms with Gasteiger partial charge in [-0.1, -0.05) is 6.07 Å². The van der Waals surface area contributed by atoms with E-state index in [9.17, 15) is 4.21 Å². The van der Waals surface area contributed by atoms with Crippen molar-refractivity contribution in [3.63, 3.8) is 0 Å². The van der Waals surface area contributed by atoms with E-state index < -0.39 is 10.8 Å². The fourth-order valence-corrected chi connectivity index (χ4v) is 3.29. The van der Waals surface area contributed by atoms with Gasteiger partial charge in [0.15, 0.2) is 0 Å². The van der Waals surface area contributed by atoms with Gasteiger partial charge in [0, 0.05) is 16.6 Å². The first kappa shape index (κ1) is 14.3. The highest BCUT2D eigenvalue weighted by Gasteiger charge is 2.09. The fourth-order valence-electron chi connectivity index (χ4n) is 1.64. The van der Waals surface area contributed by atoms with Gasteiger partial charge >= 0.3 is 0 Å². The Morgan fingerprint density at radius 2 is 2.21 bits per heavy atom. The zero-order valence-electron chi connectivity index (χ0n) is 10.7. The second-order valence-corrected chi connectivity index (χ2v) is 6.37. The second kappa shape index (κ2) is 6.34. The van der Waals surface area contributed by atoms with E-state index in [0.29, 0.717) is 17.4 Å². The predicted octanol–water partition coefficient (Wildman–Crippen LogP) is 3.20. The lowest BCUT2D eigenvalue weighted by Gasteiger charge is -2.05. The highest BCUT2D eigenvalue weighted by atomic mass is 79.9. The number of aryl methyl sites for hydroxylation is 1. The number of halogens is 1. The van der Waals surface area contributed by atoms with Crippen LogP contribution in [-0.2, 0) is 22.3 Å². The Bertz CT molecular complexity index is 597. The quantitative estimate of drug-likeness (QED) is 0.836. The maximum absolute atomic E-state index is 12.0. The third-order valence-corrected chi connectivity index (χ3v) is 4.34. The van der Waals surface area contributed by atoms with Gasteiger partial charge in [-0.25, -0.2) is 4.98 Å². The summed E-state index contributed by atoms with van der Waals surface area (Å²) in [7, 11) is 0.571. The number of oxazole rings is 1. The van der Waals surface area contributed by atoms with Crippen LogP contribution in [0.2, 0.25) is 0 Å². The molecule has 0 fully saturated rings. The van der Waals surface area contributed by atoms with Gasteiger partial charge < -0.3 is 9.15 Å². The Balaban J connectivity index is 2.00. The van der Waals surface area contributed by atoms with Crippen molar-refractivity contribution in [3.8, 4) is 5.75 Å². The van der Waals surface area contributed by atoms with Crippen LogP contribution in [0, 0.1) is 6.92 Å². The molecule has 0 saturated heterocycles. The van der Waals surface area contributed by atoms with Crippen LogP contribution in [-0.4, -0.2) is 16.3 Å². The van der Waals surface area contributed by atoms with Crippen molar-refractivity contribution in [2.75, 3.05) is 7.11 Å². The minimum absolute atomic E-state index is 0.331. The van der Waals surface area contributed by atoms with E-state index in [0.717, 1.165) is 21.5 Å². The van der Waals surface area contributed by atoms with Gasteiger partial charge in [0.1, 0.15) is 17.3 Å². The first-order chi connectivity index (χ1) is 9.08. The van der Waals surface area contributed by atoms with E-state index in [2.05, 4.69) is 20.9 Å². The van der Waals surface area contributed by atoms with E-state index >= 15 is 0 Å². The lowest BCUT2D eigenvalue weighted by molar-refractivity contribution is 0.412. The lowest BCUT2D eigenvalue weighted by Crippen LogP contribution is -2.00. The smallest absolute Gasteiger partial charge is 0.206 e. The van der Waals surface area contributed by atoms with Crippen molar-refractivity contribution < 1.29 is 13.4 Å². The molecule has 4 nitrogen and oxygen atoms in total. The zero-order valence-corrected chi connectivity index (χ0v) is 13.1.